The number of nitrogens with one attached hydrogen (secondary N) is 5. The molecule has 0 bridgehead atoms. The van der Waals surface area contributed by atoms with Gasteiger partial charge in [-0.25, -0.2) is 38.5 Å². The lowest BCUT2D eigenvalue weighted by Crippen LogP contribution is -2.49. The molecule has 4 aromatic heterocycles. The van der Waals surface area contributed by atoms with Crippen LogP contribution >= 0.6 is 22.7 Å². The van der Waals surface area contributed by atoms with E-state index in [1.165, 1.54) is 14.2 Å². The molecule has 460 valence electrons. The Morgan fingerprint density at radius 2 is 1.12 bits per heavy atom. The first-order valence-electron chi connectivity index (χ1n) is 27.3. The Morgan fingerprint density at radius 1 is 0.671 bits per heavy atom. The zero-order valence-electron chi connectivity index (χ0n) is 49.2. The Bertz CT molecular complexity index is 3330. The van der Waals surface area contributed by atoms with Crippen molar-refractivity contribution >= 4 is 103 Å². The smallest absolute Gasteiger partial charge is 0.407 e. The second-order valence-corrected chi connectivity index (χ2v) is 23.6. The quantitative estimate of drug-likeness (QED) is 0.0362. The number of esters is 2. The Balaban J connectivity index is 0.000000230. The lowest BCUT2D eigenvalue weighted by atomic mass is 10.1. The zero-order valence-corrected chi connectivity index (χ0v) is 50.8. The van der Waals surface area contributed by atoms with Crippen LogP contribution in [0, 0.1) is 13.8 Å². The van der Waals surface area contributed by atoms with Gasteiger partial charge in [0, 0.05) is 30.5 Å². The summed E-state index contributed by atoms with van der Waals surface area (Å²) < 4.78 is 34.7. The van der Waals surface area contributed by atoms with Gasteiger partial charge in [-0.2, -0.15) is 10.2 Å². The van der Waals surface area contributed by atoms with Gasteiger partial charge in [0.25, 0.3) is 5.91 Å². The van der Waals surface area contributed by atoms with Crippen LogP contribution in [0.3, 0.4) is 0 Å². The van der Waals surface area contributed by atoms with E-state index in [-0.39, 0.29) is 65.1 Å². The molecule has 29 heteroatoms. The van der Waals surface area contributed by atoms with Gasteiger partial charge < -0.3 is 65.8 Å². The average molecular weight is 1220 g/mol. The molecule has 0 aliphatic carbocycles. The van der Waals surface area contributed by atoms with Crippen LogP contribution in [0.5, 0.6) is 0 Å². The van der Waals surface area contributed by atoms with Gasteiger partial charge in [-0.3, -0.25) is 19.2 Å². The van der Waals surface area contributed by atoms with E-state index in [0.29, 0.717) is 23.1 Å². The molecule has 8 rings (SSSR count). The standard InChI is InChI=1S/C28H36N6O7S.C19H20N4O4S.C9H18N2O4/c1-16-23(24(36)32-19(25(37)39-5)15-29-27(38)41-28(2,3)4)42-26(31-16)33-21(35)13-17-9-8-10-20-18(17)14-30-34(20)22-11-6-7-12-40-22;1-11-17(18(25)26)28-19(21-11)22-15(24)9-12-5-4-6-14-13(12)10-20-23(14)16-7-2-3-8-27-16;1-9(2,3)15-8(13)11-5-6(10)7(12)14-4/h8-10,14,19,22H,6-7,11-13,15H2,1-5H3,(H,29,38)(H,32,36)(H,31,33,35);4-6,10,16H,2-3,7-9H2,1H3,(H,25,26)(H,21,22,24);6H,5,10H2,1-4H3,(H,11,13)/t19-,22?;;6-/m0.0/s1. The molecule has 2 fully saturated rings. The van der Waals surface area contributed by atoms with Crippen LogP contribution in [0.4, 0.5) is 19.9 Å². The third-order valence-electron chi connectivity index (χ3n) is 12.5. The van der Waals surface area contributed by atoms with Crippen molar-refractivity contribution in [2.24, 2.45) is 5.73 Å². The molecule has 6 heterocycles. The number of nitrogens with two attached hydrogens (primary N) is 1. The third kappa shape index (κ3) is 19.5. The number of methoxy groups -OCH3 is 2. The number of ether oxygens (including phenoxy) is 6. The number of carbonyl (C=O) groups excluding carboxylic acids is 7. The maximum atomic E-state index is 13.0. The highest BCUT2D eigenvalue weighted by Crippen LogP contribution is 2.31. The van der Waals surface area contributed by atoms with Crippen LogP contribution < -0.4 is 32.3 Å². The van der Waals surface area contributed by atoms with Gasteiger partial charge in [-0.15, -0.1) is 0 Å². The summed E-state index contributed by atoms with van der Waals surface area (Å²) in [6.07, 6.45) is 8.33. The van der Waals surface area contributed by atoms with Crippen molar-refractivity contribution in [2.75, 3.05) is 51.2 Å². The Hall–Kier alpha value is -8.12. The highest BCUT2D eigenvalue weighted by molar-refractivity contribution is 7.18. The van der Waals surface area contributed by atoms with Crippen molar-refractivity contribution in [2.45, 2.75) is 142 Å². The number of rotatable bonds is 17. The minimum absolute atomic E-state index is 0.0123. The first-order chi connectivity index (χ1) is 40.2. The first-order valence-corrected chi connectivity index (χ1v) is 28.9. The Kier molecular flexibility index (Phi) is 23.4. The molecule has 85 heavy (non-hydrogen) atoms. The number of aromatic carboxylic acids is 1. The molecule has 6 aromatic rings. The number of amides is 5. The van der Waals surface area contributed by atoms with E-state index >= 15 is 0 Å². The second-order valence-electron chi connectivity index (χ2n) is 21.6. The van der Waals surface area contributed by atoms with E-state index in [1.54, 1.807) is 67.8 Å². The molecule has 2 unspecified atom stereocenters. The van der Waals surface area contributed by atoms with Gasteiger partial charge in [-0.05, 0) is 117 Å². The number of aryl methyl sites for hydroxylation is 2. The number of hydrogen-bond acceptors (Lipinski definition) is 21. The van der Waals surface area contributed by atoms with Gasteiger partial charge in [0.05, 0.1) is 68.4 Å². The minimum Gasteiger partial charge on any atom is -0.477 e. The van der Waals surface area contributed by atoms with Gasteiger partial charge in [0.2, 0.25) is 11.8 Å². The van der Waals surface area contributed by atoms with Crippen LogP contribution in [0.15, 0.2) is 48.8 Å². The normalized spacial score (nSPS) is 15.8. The van der Waals surface area contributed by atoms with Gasteiger partial charge in [0.1, 0.15) is 33.0 Å². The second kappa shape index (κ2) is 30.1. The molecule has 2 saturated heterocycles. The monoisotopic (exact) mass is 1220 g/mol. The van der Waals surface area contributed by atoms with Crippen LogP contribution in [-0.2, 0) is 60.4 Å². The van der Waals surface area contributed by atoms with Gasteiger partial charge >= 0.3 is 30.1 Å². The fourth-order valence-electron chi connectivity index (χ4n) is 8.64. The van der Waals surface area contributed by atoms with Crippen LogP contribution in [0.1, 0.15) is 134 Å². The third-order valence-corrected chi connectivity index (χ3v) is 14.7. The molecule has 2 aliphatic rings. The topological polar surface area (TPSA) is 360 Å². The molecular formula is C56H74N12O15S2. The highest BCUT2D eigenvalue weighted by Gasteiger charge is 2.28. The number of hydrogen-bond donors (Lipinski definition) is 7. The van der Waals surface area contributed by atoms with Crippen molar-refractivity contribution in [3.05, 3.63) is 81.1 Å². The Labute approximate surface area is 498 Å². The summed E-state index contributed by atoms with van der Waals surface area (Å²) in [5.41, 5.74) is 8.35. The minimum atomic E-state index is -1.17. The van der Waals surface area contributed by atoms with Gasteiger partial charge in [0.15, 0.2) is 22.7 Å². The number of thiazole rings is 2. The van der Waals surface area contributed by atoms with Crippen molar-refractivity contribution in [3.63, 3.8) is 0 Å². The number of carboxylic acids is 1. The number of alkyl carbamates (subject to hydrolysis) is 2. The summed E-state index contributed by atoms with van der Waals surface area (Å²) in [6.45, 7) is 14.8. The van der Waals surface area contributed by atoms with Crippen molar-refractivity contribution in [1.29, 1.82) is 0 Å². The highest BCUT2D eigenvalue weighted by atomic mass is 32.1. The number of carbonyl (C=O) groups is 8. The number of anilines is 2. The van der Waals surface area contributed by atoms with Crippen molar-refractivity contribution in [3.8, 4) is 0 Å². The fraction of sp³-hybridized carbons (Fsp3) is 0.500. The molecule has 2 aromatic carbocycles. The summed E-state index contributed by atoms with van der Waals surface area (Å²) in [4.78, 5) is 105. The summed E-state index contributed by atoms with van der Waals surface area (Å²) in [5, 5.41) is 33.3. The van der Waals surface area contributed by atoms with E-state index in [1.807, 2.05) is 45.8 Å². The molecule has 4 atom stereocenters. The molecule has 8 N–H and O–H groups in total. The Morgan fingerprint density at radius 3 is 1.53 bits per heavy atom. The summed E-state index contributed by atoms with van der Waals surface area (Å²) in [6, 6.07) is 9.45. The van der Waals surface area contributed by atoms with Crippen LogP contribution in [-0.4, -0.2) is 146 Å². The largest absolute Gasteiger partial charge is 0.477 e. The predicted octanol–water partition coefficient (Wildman–Crippen LogP) is 6.87. The van der Waals surface area contributed by atoms with E-state index in [9.17, 15) is 38.4 Å². The van der Waals surface area contributed by atoms with Gasteiger partial charge in [-0.1, -0.05) is 46.9 Å². The maximum Gasteiger partial charge on any atom is 0.407 e. The molecule has 0 radical (unpaired) electrons. The van der Waals surface area contributed by atoms with Crippen molar-refractivity contribution in [1.82, 2.24) is 45.5 Å². The lowest BCUT2D eigenvalue weighted by Gasteiger charge is -2.23. The summed E-state index contributed by atoms with van der Waals surface area (Å²) >= 11 is 1.93. The number of benzene rings is 2. The van der Waals surface area contributed by atoms with E-state index in [2.05, 4.69) is 51.5 Å². The SMILES string of the molecule is COC(=O)[C@@H](N)CNC(=O)OC(C)(C)C.COC(=O)[C@H](CNC(=O)OC(C)(C)C)NC(=O)c1sc(NC(=O)Cc2cccc3c2cnn3C2CCCCO2)nc1C.Cc1nc(NC(=O)Cc2cccc3c2cnn3C2CCCCO2)sc1C(=O)O. The molecule has 27 nitrogen and oxygen atoms in total. The van der Waals surface area contributed by atoms with Crippen molar-refractivity contribution < 1.29 is 71.9 Å². The molecule has 0 spiro atoms. The summed E-state index contributed by atoms with van der Waals surface area (Å²) in [7, 11) is 2.41. The van der Waals surface area contributed by atoms with E-state index in [0.717, 1.165) is 101 Å². The van der Waals surface area contributed by atoms with E-state index in [4.69, 9.17) is 34.5 Å². The molecule has 0 saturated carbocycles. The average Bonchev–Trinajstić information content (AvgIpc) is 2.56. The molecule has 2 aliphatic heterocycles. The molecule has 5 amide bonds. The fourth-order valence-corrected chi connectivity index (χ4v) is 10.4. The first kappa shape index (κ1) is 66.0. The number of aromatic nitrogens is 6. The number of carboxylic acid groups (broad SMARTS) is 1. The van der Waals surface area contributed by atoms with Crippen LogP contribution in [0.25, 0.3) is 21.8 Å². The number of fused-ring (bicyclic) bond motifs is 2. The number of nitrogens with zero attached hydrogens (tertiary/aromatic N) is 6. The predicted molar refractivity (Wildman–Crippen MR) is 314 cm³/mol. The maximum absolute atomic E-state index is 13.0. The van der Waals surface area contributed by atoms with Crippen LogP contribution in [0.2, 0.25) is 0 Å². The lowest BCUT2D eigenvalue weighted by molar-refractivity contribution is -0.143. The zero-order chi connectivity index (χ0) is 62.2. The van der Waals surface area contributed by atoms with E-state index < -0.39 is 59.3 Å². The summed E-state index contributed by atoms with van der Waals surface area (Å²) in [5.74, 6) is -3.53. The molecular weight excluding hydrogens is 1140 g/mol.